The quantitative estimate of drug-likeness (QED) is 0.465. The van der Waals surface area contributed by atoms with Crippen LogP contribution in [0, 0.1) is 0 Å². The van der Waals surface area contributed by atoms with Crippen molar-refractivity contribution in [3.8, 4) is 0 Å². The first-order valence-electron chi connectivity index (χ1n) is 9.83. The molecule has 0 spiro atoms. The molecule has 134 valence electrons. The average molecular weight is 343 g/mol. The second-order valence-electron chi connectivity index (χ2n) is 7.49. The molecule has 0 heteroatoms. The van der Waals surface area contributed by atoms with Crippen molar-refractivity contribution in [3.05, 3.63) is 107 Å². The van der Waals surface area contributed by atoms with E-state index in [1.165, 1.54) is 27.8 Å². The summed E-state index contributed by atoms with van der Waals surface area (Å²) in [5.74, 6) is 0.485. The second kappa shape index (κ2) is 7.91. The Balaban J connectivity index is 0.000000206. The Morgan fingerprint density at radius 2 is 1.15 bits per heavy atom. The molecule has 0 atom stereocenters. The van der Waals surface area contributed by atoms with Crippen molar-refractivity contribution in [1.82, 2.24) is 0 Å². The van der Waals surface area contributed by atoms with Crippen LogP contribution >= 0.6 is 0 Å². The molecule has 0 radical (unpaired) electrons. The Morgan fingerprint density at radius 1 is 0.692 bits per heavy atom. The van der Waals surface area contributed by atoms with Crippen molar-refractivity contribution in [2.24, 2.45) is 0 Å². The molecule has 0 fully saturated rings. The third-order valence-corrected chi connectivity index (χ3v) is 6.05. The van der Waals surface area contributed by atoms with Crippen LogP contribution in [0.3, 0.4) is 0 Å². The van der Waals surface area contributed by atoms with Crippen LogP contribution in [0.15, 0.2) is 78.9 Å². The fourth-order valence-corrected chi connectivity index (χ4v) is 3.76. The van der Waals surface area contributed by atoms with Gasteiger partial charge in [0.05, 0.1) is 0 Å². The van der Waals surface area contributed by atoms with Crippen molar-refractivity contribution >= 4 is 0 Å². The maximum absolute atomic E-state index is 2.35. The minimum Gasteiger partial charge on any atom is -0.0642 e. The third kappa shape index (κ3) is 3.60. The predicted molar refractivity (Wildman–Crippen MR) is 113 cm³/mol. The molecule has 3 aromatic carbocycles. The van der Waals surface area contributed by atoms with Crippen LogP contribution in [-0.2, 0) is 11.8 Å². The van der Waals surface area contributed by atoms with Crippen molar-refractivity contribution in [2.45, 2.75) is 51.9 Å². The summed E-state index contributed by atoms with van der Waals surface area (Å²) in [6.45, 7) is 9.07. The van der Waals surface area contributed by atoms with Gasteiger partial charge in [0.1, 0.15) is 0 Å². The van der Waals surface area contributed by atoms with Gasteiger partial charge in [0.25, 0.3) is 0 Å². The van der Waals surface area contributed by atoms with E-state index in [4.69, 9.17) is 0 Å². The highest BCUT2D eigenvalue weighted by atomic mass is 14.3. The minimum absolute atomic E-state index is 0.137. The van der Waals surface area contributed by atoms with Gasteiger partial charge < -0.3 is 0 Å². The molecule has 0 nitrogen and oxygen atoms in total. The number of hydrogen-bond donors (Lipinski definition) is 0. The third-order valence-electron chi connectivity index (χ3n) is 6.05. The maximum Gasteiger partial charge on any atom is 0.0172 e. The van der Waals surface area contributed by atoms with E-state index in [9.17, 15) is 0 Å². The topological polar surface area (TPSA) is 0 Å². The first-order valence-corrected chi connectivity index (χ1v) is 9.83. The largest absolute Gasteiger partial charge is 0.0642 e. The minimum atomic E-state index is 0.137. The van der Waals surface area contributed by atoms with Gasteiger partial charge in [-0.25, -0.2) is 0 Å². The van der Waals surface area contributed by atoms with Gasteiger partial charge in [-0.1, -0.05) is 107 Å². The highest BCUT2D eigenvalue weighted by Gasteiger charge is 2.28. The monoisotopic (exact) mass is 342 g/mol. The molecule has 0 aromatic heterocycles. The molecule has 4 aliphatic rings. The Kier molecular flexibility index (Phi) is 5.61. The van der Waals surface area contributed by atoms with Gasteiger partial charge in [0.15, 0.2) is 0 Å². The normalized spacial score (nSPS) is 20.4. The Morgan fingerprint density at radius 3 is 1.50 bits per heavy atom. The average Bonchev–Trinajstić information content (AvgIpc) is 2.73. The second-order valence-corrected chi connectivity index (χ2v) is 7.49. The summed E-state index contributed by atoms with van der Waals surface area (Å²) in [7, 11) is 0. The van der Waals surface area contributed by atoms with E-state index < -0.39 is 0 Å². The van der Waals surface area contributed by atoms with Crippen molar-refractivity contribution < 1.29 is 0 Å². The number of aryl methyl sites for hydroxylation is 1. The molecule has 0 N–H and O–H groups in total. The fraction of sp³-hybridized carbons (Fsp3) is 0.308. The predicted octanol–water partition coefficient (Wildman–Crippen LogP) is 7.12. The Labute approximate surface area is 158 Å². The Bertz CT molecular complexity index is 763. The number of benzene rings is 3. The summed E-state index contributed by atoms with van der Waals surface area (Å²) >= 11 is 0. The SMILES string of the molecule is CCC1(C)c2ccc(cc2)C(C)c2ccc1cc2.CCc1ccccc1. The molecule has 0 aliphatic heterocycles. The van der Waals surface area contributed by atoms with E-state index in [1.54, 1.807) is 0 Å². The summed E-state index contributed by atoms with van der Waals surface area (Å²) in [4.78, 5) is 0. The molecule has 0 saturated carbocycles. The van der Waals surface area contributed by atoms with Crippen LogP contribution in [-0.4, -0.2) is 0 Å². The Hall–Kier alpha value is -2.34. The molecular weight excluding hydrogens is 312 g/mol. The van der Waals surface area contributed by atoms with E-state index in [0.29, 0.717) is 5.92 Å². The van der Waals surface area contributed by atoms with Crippen LogP contribution < -0.4 is 0 Å². The number of hydrogen-bond acceptors (Lipinski definition) is 0. The molecule has 26 heavy (non-hydrogen) atoms. The van der Waals surface area contributed by atoms with Gasteiger partial charge >= 0.3 is 0 Å². The molecule has 4 aliphatic carbocycles. The molecule has 0 amide bonds. The van der Waals surface area contributed by atoms with Crippen LogP contribution in [0.5, 0.6) is 0 Å². The van der Waals surface area contributed by atoms with Crippen molar-refractivity contribution in [3.63, 3.8) is 0 Å². The highest BCUT2D eigenvalue weighted by molar-refractivity contribution is 5.45. The van der Waals surface area contributed by atoms with E-state index in [2.05, 4.69) is 100 Å². The van der Waals surface area contributed by atoms with Gasteiger partial charge in [-0.2, -0.15) is 0 Å². The summed E-state index contributed by atoms with van der Waals surface area (Å²) in [5.41, 5.74) is 7.22. The molecule has 0 unspecified atom stereocenters. The van der Waals surface area contributed by atoms with Crippen molar-refractivity contribution in [2.75, 3.05) is 0 Å². The lowest BCUT2D eigenvalue weighted by Gasteiger charge is -2.31. The molecular formula is C26H30. The first-order chi connectivity index (χ1) is 12.6. The van der Waals surface area contributed by atoms with E-state index in [1.807, 2.05) is 6.07 Å². The van der Waals surface area contributed by atoms with E-state index in [0.717, 1.165) is 12.8 Å². The summed E-state index contributed by atoms with van der Waals surface area (Å²) in [5, 5.41) is 0. The lowest BCUT2D eigenvalue weighted by molar-refractivity contribution is 0.548. The van der Waals surface area contributed by atoms with Crippen LogP contribution in [0.1, 0.15) is 67.9 Å². The van der Waals surface area contributed by atoms with Gasteiger partial charge in [0, 0.05) is 11.3 Å². The summed E-state index contributed by atoms with van der Waals surface area (Å²) < 4.78 is 0. The van der Waals surface area contributed by atoms with Crippen molar-refractivity contribution in [1.29, 1.82) is 0 Å². The highest BCUT2D eigenvalue weighted by Crippen LogP contribution is 2.38. The molecule has 0 saturated heterocycles. The maximum atomic E-state index is 2.35. The smallest absolute Gasteiger partial charge is 0.0172 e. The zero-order valence-corrected chi connectivity index (χ0v) is 16.5. The first kappa shape index (κ1) is 18.5. The molecule has 3 aromatic rings. The fourth-order valence-electron chi connectivity index (χ4n) is 3.76. The summed E-state index contributed by atoms with van der Waals surface area (Å²) in [6, 6.07) is 28.9. The van der Waals surface area contributed by atoms with Gasteiger partial charge in [-0.05, 0) is 40.7 Å². The zero-order valence-electron chi connectivity index (χ0n) is 16.5. The van der Waals surface area contributed by atoms with Crippen LogP contribution in [0.2, 0.25) is 0 Å². The molecule has 4 bridgehead atoms. The molecule has 7 rings (SSSR count). The van der Waals surface area contributed by atoms with Crippen LogP contribution in [0.25, 0.3) is 0 Å². The lowest BCUT2D eigenvalue weighted by atomic mass is 9.72. The van der Waals surface area contributed by atoms with E-state index in [-0.39, 0.29) is 5.41 Å². The molecule has 0 heterocycles. The zero-order chi connectivity index (χ0) is 18.6. The summed E-state index contributed by atoms with van der Waals surface area (Å²) in [6.07, 6.45) is 2.27. The van der Waals surface area contributed by atoms with Gasteiger partial charge in [-0.3, -0.25) is 0 Å². The lowest BCUT2D eigenvalue weighted by Crippen LogP contribution is -2.23. The standard InChI is InChI=1S/C18H20.C8H10/c1-4-18(3)16-9-5-14(6-10-16)13(2)15-7-11-17(18)12-8-15;1-2-8-6-4-3-5-7-8/h5-13H,4H2,1-3H3;3-7H,2H2,1H3. The van der Waals surface area contributed by atoms with E-state index >= 15 is 0 Å². The number of rotatable bonds is 2. The van der Waals surface area contributed by atoms with Crippen LogP contribution in [0.4, 0.5) is 0 Å². The van der Waals surface area contributed by atoms with Gasteiger partial charge in [0.2, 0.25) is 0 Å². The van der Waals surface area contributed by atoms with Gasteiger partial charge in [-0.15, -0.1) is 0 Å².